The Morgan fingerprint density at radius 3 is 3.00 bits per heavy atom. The molecule has 0 aliphatic heterocycles. The van der Waals surface area contributed by atoms with E-state index >= 15 is 0 Å². The summed E-state index contributed by atoms with van der Waals surface area (Å²) in [6, 6.07) is 1.86. The first-order valence-electron chi connectivity index (χ1n) is 2.85. The van der Waals surface area contributed by atoms with Crippen LogP contribution in [0.15, 0.2) is 27.3 Å². The SMILES string of the molecule is SCC=Cc1occc1Br. The number of hydrogen-bond donors (Lipinski definition) is 1. The Balaban J connectivity index is 2.74. The molecule has 0 amide bonds. The van der Waals surface area contributed by atoms with Gasteiger partial charge in [0.15, 0.2) is 0 Å². The molecular weight excluding hydrogens is 212 g/mol. The van der Waals surface area contributed by atoms with Gasteiger partial charge in [-0.25, -0.2) is 0 Å². The highest BCUT2D eigenvalue weighted by Gasteiger charge is 1.95. The van der Waals surface area contributed by atoms with Crippen molar-refractivity contribution in [2.45, 2.75) is 0 Å². The maximum Gasteiger partial charge on any atom is 0.140 e. The molecule has 10 heavy (non-hydrogen) atoms. The predicted molar refractivity (Wildman–Crippen MR) is 49.3 cm³/mol. The fourth-order valence-corrected chi connectivity index (χ4v) is 1.02. The lowest BCUT2D eigenvalue weighted by molar-refractivity contribution is 0.555. The molecule has 0 aliphatic carbocycles. The topological polar surface area (TPSA) is 13.1 Å². The highest BCUT2D eigenvalue weighted by molar-refractivity contribution is 9.10. The summed E-state index contributed by atoms with van der Waals surface area (Å²) in [5.74, 6) is 1.57. The summed E-state index contributed by atoms with van der Waals surface area (Å²) in [5, 5.41) is 0. The Morgan fingerprint density at radius 1 is 1.70 bits per heavy atom. The van der Waals surface area contributed by atoms with Gasteiger partial charge in [-0.1, -0.05) is 6.08 Å². The Hall–Kier alpha value is -0.150. The molecule has 0 atom stereocenters. The monoisotopic (exact) mass is 218 g/mol. The summed E-state index contributed by atoms with van der Waals surface area (Å²) in [4.78, 5) is 0. The highest BCUT2D eigenvalue weighted by atomic mass is 79.9. The molecule has 0 spiro atoms. The summed E-state index contributed by atoms with van der Waals surface area (Å²) in [6.07, 6.45) is 5.45. The molecule has 0 saturated carbocycles. The largest absolute Gasteiger partial charge is 0.464 e. The number of halogens is 1. The minimum Gasteiger partial charge on any atom is -0.464 e. The molecule has 0 fully saturated rings. The van der Waals surface area contributed by atoms with Crippen molar-refractivity contribution in [3.8, 4) is 0 Å². The first-order chi connectivity index (χ1) is 4.84. The molecule has 0 aliphatic rings. The average Bonchev–Trinajstić information content (AvgIpc) is 2.31. The van der Waals surface area contributed by atoms with E-state index in [9.17, 15) is 0 Å². The van der Waals surface area contributed by atoms with Crippen molar-refractivity contribution < 1.29 is 4.42 Å². The molecule has 1 nitrogen and oxygen atoms in total. The van der Waals surface area contributed by atoms with Gasteiger partial charge in [0.2, 0.25) is 0 Å². The third kappa shape index (κ3) is 1.92. The summed E-state index contributed by atoms with van der Waals surface area (Å²) in [7, 11) is 0. The average molecular weight is 219 g/mol. The fraction of sp³-hybridized carbons (Fsp3) is 0.143. The Labute approximate surface area is 73.7 Å². The van der Waals surface area contributed by atoms with Gasteiger partial charge in [-0.15, -0.1) is 0 Å². The third-order valence-corrected chi connectivity index (χ3v) is 1.89. The number of hydrogen-bond acceptors (Lipinski definition) is 2. The van der Waals surface area contributed by atoms with Crippen molar-refractivity contribution >= 4 is 34.6 Å². The van der Waals surface area contributed by atoms with E-state index in [0.717, 1.165) is 16.0 Å². The van der Waals surface area contributed by atoms with Crippen LogP contribution in [0.5, 0.6) is 0 Å². The van der Waals surface area contributed by atoms with Gasteiger partial charge >= 0.3 is 0 Å². The molecule has 0 aromatic carbocycles. The number of furan rings is 1. The first-order valence-corrected chi connectivity index (χ1v) is 4.27. The Morgan fingerprint density at radius 2 is 2.50 bits per heavy atom. The maximum atomic E-state index is 5.10. The molecule has 0 radical (unpaired) electrons. The van der Waals surface area contributed by atoms with Gasteiger partial charge in [0.25, 0.3) is 0 Å². The molecule has 0 N–H and O–H groups in total. The molecular formula is C7H7BrOS. The molecule has 1 rings (SSSR count). The van der Waals surface area contributed by atoms with Crippen LogP contribution in [-0.4, -0.2) is 5.75 Å². The standard InChI is InChI=1S/C7H7BrOS/c8-6-3-4-9-7(6)2-1-5-10/h1-4,10H,5H2. The smallest absolute Gasteiger partial charge is 0.140 e. The van der Waals surface area contributed by atoms with Gasteiger partial charge in [0.1, 0.15) is 5.76 Å². The van der Waals surface area contributed by atoms with Crippen molar-refractivity contribution in [3.05, 3.63) is 28.6 Å². The zero-order chi connectivity index (χ0) is 7.40. The van der Waals surface area contributed by atoms with Crippen molar-refractivity contribution in [1.82, 2.24) is 0 Å². The lowest BCUT2D eigenvalue weighted by Crippen LogP contribution is -1.64. The van der Waals surface area contributed by atoms with Crippen molar-refractivity contribution in [2.75, 3.05) is 5.75 Å². The number of rotatable bonds is 2. The molecule has 0 saturated heterocycles. The van der Waals surface area contributed by atoms with Gasteiger partial charge in [0, 0.05) is 5.75 Å². The lowest BCUT2D eigenvalue weighted by Gasteiger charge is -1.84. The van der Waals surface area contributed by atoms with E-state index in [4.69, 9.17) is 4.42 Å². The van der Waals surface area contributed by atoms with E-state index in [1.165, 1.54) is 0 Å². The Bertz CT molecular complexity index is 229. The maximum absolute atomic E-state index is 5.10. The molecule has 1 heterocycles. The van der Waals surface area contributed by atoms with Gasteiger partial charge in [-0.05, 0) is 28.1 Å². The summed E-state index contributed by atoms with van der Waals surface area (Å²) < 4.78 is 6.08. The van der Waals surface area contributed by atoms with E-state index in [-0.39, 0.29) is 0 Å². The molecule has 3 heteroatoms. The normalized spacial score (nSPS) is 11.0. The first kappa shape index (κ1) is 7.95. The van der Waals surface area contributed by atoms with Gasteiger partial charge in [0.05, 0.1) is 10.7 Å². The second-order valence-electron chi connectivity index (χ2n) is 1.72. The van der Waals surface area contributed by atoms with E-state index in [2.05, 4.69) is 28.6 Å². The van der Waals surface area contributed by atoms with E-state index < -0.39 is 0 Å². The molecule has 0 unspecified atom stereocenters. The second-order valence-corrected chi connectivity index (χ2v) is 2.94. The van der Waals surface area contributed by atoms with Crippen LogP contribution in [0.3, 0.4) is 0 Å². The van der Waals surface area contributed by atoms with Gasteiger partial charge < -0.3 is 4.42 Å². The van der Waals surface area contributed by atoms with Crippen molar-refractivity contribution in [2.24, 2.45) is 0 Å². The minimum atomic E-state index is 0.729. The van der Waals surface area contributed by atoms with Crippen LogP contribution >= 0.6 is 28.6 Å². The van der Waals surface area contributed by atoms with Crippen LogP contribution < -0.4 is 0 Å². The van der Waals surface area contributed by atoms with Gasteiger partial charge in [-0.3, -0.25) is 0 Å². The van der Waals surface area contributed by atoms with Crippen molar-refractivity contribution in [1.29, 1.82) is 0 Å². The minimum absolute atomic E-state index is 0.729. The zero-order valence-corrected chi connectivity index (χ0v) is 7.73. The van der Waals surface area contributed by atoms with Crippen LogP contribution in [0.4, 0.5) is 0 Å². The van der Waals surface area contributed by atoms with Crippen LogP contribution in [-0.2, 0) is 0 Å². The molecule has 1 aromatic rings. The van der Waals surface area contributed by atoms with Crippen LogP contribution in [0.1, 0.15) is 5.76 Å². The van der Waals surface area contributed by atoms with Crippen LogP contribution in [0.2, 0.25) is 0 Å². The summed E-state index contributed by atoms with van der Waals surface area (Å²) in [6.45, 7) is 0. The molecule has 0 bridgehead atoms. The summed E-state index contributed by atoms with van der Waals surface area (Å²) >= 11 is 7.35. The van der Waals surface area contributed by atoms with E-state index in [1.807, 2.05) is 18.2 Å². The van der Waals surface area contributed by atoms with Gasteiger partial charge in [-0.2, -0.15) is 12.6 Å². The predicted octanol–water partition coefficient (Wildman–Crippen LogP) is 2.99. The van der Waals surface area contributed by atoms with E-state index in [1.54, 1.807) is 6.26 Å². The van der Waals surface area contributed by atoms with Crippen molar-refractivity contribution in [3.63, 3.8) is 0 Å². The fourth-order valence-electron chi connectivity index (χ4n) is 0.584. The lowest BCUT2D eigenvalue weighted by atomic mass is 10.4. The van der Waals surface area contributed by atoms with E-state index in [0.29, 0.717) is 0 Å². The quantitative estimate of drug-likeness (QED) is 0.754. The van der Waals surface area contributed by atoms with Crippen LogP contribution in [0.25, 0.3) is 6.08 Å². The second kappa shape index (κ2) is 3.88. The zero-order valence-electron chi connectivity index (χ0n) is 5.25. The third-order valence-electron chi connectivity index (χ3n) is 1.02. The number of thiol groups is 1. The van der Waals surface area contributed by atoms with Crippen LogP contribution in [0, 0.1) is 0 Å². The summed E-state index contributed by atoms with van der Waals surface area (Å²) in [5.41, 5.74) is 0. The Kier molecular flexibility index (Phi) is 3.09. The molecule has 1 aromatic heterocycles. The highest BCUT2D eigenvalue weighted by Crippen LogP contribution is 2.18. The molecule has 54 valence electrons.